The van der Waals surface area contributed by atoms with Gasteiger partial charge in [0.2, 0.25) is 0 Å². The minimum atomic E-state index is -0.844. The maximum Gasteiger partial charge on any atom is 0.344 e. The van der Waals surface area contributed by atoms with E-state index in [9.17, 15) is 14.4 Å². The smallest absolute Gasteiger partial charge is 0.344 e. The zero-order valence-electron chi connectivity index (χ0n) is 23.7. The van der Waals surface area contributed by atoms with Crippen molar-refractivity contribution in [3.8, 4) is 11.5 Å². The predicted molar refractivity (Wildman–Crippen MR) is 164 cm³/mol. The molecule has 1 aliphatic heterocycles. The predicted octanol–water partition coefficient (Wildman–Crippen LogP) is 4.94. The molecule has 0 saturated carbocycles. The fourth-order valence-electron chi connectivity index (χ4n) is 4.47. The molecular formula is C30H30BrClN2O7S. The van der Waals surface area contributed by atoms with Gasteiger partial charge in [-0.1, -0.05) is 41.1 Å². The quantitative estimate of drug-likeness (QED) is 0.280. The van der Waals surface area contributed by atoms with Gasteiger partial charge in [0.15, 0.2) is 11.4 Å². The van der Waals surface area contributed by atoms with Gasteiger partial charge in [-0.15, -0.1) is 0 Å². The molecule has 1 aliphatic rings. The van der Waals surface area contributed by atoms with Crippen LogP contribution in [0.2, 0.25) is 5.02 Å². The largest absolute Gasteiger partial charge is 0.491 e. The molecule has 0 unspecified atom stereocenters. The molecule has 12 heteroatoms. The molecule has 2 aromatic carbocycles. The Morgan fingerprint density at radius 3 is 2.57 bits per heavy atom. The molecule has 0 saturated heterocycles. The van der Waals surface area contributed by atoms with Gasteiger partial charge >= 0.3 is 11.9 Å². The summed E-state index contributed by atoms with van der Waals surface area (Å²) in [6.07, 6.45) is 1.48. The maximum atomic E-state index is 14.1. The molecule has 1 aromatic heterocycles. The number of carbonyl (C=O) groups is 2. The standard InChI is InChI=1S/C30H30BrClN2O7S/c1-6-38-24(35)15-40-27-18(12-19(32)14-21(27)31)13-23-28(36)34-26(20-10-8-9-11-22(20)41-16(3)4)25(29(37)39-7-2)17(5)33-30(34)42-23/h8-14,16,26H,6-7,15H2,1-5H3/b23-13-/t26-/m1/s1. The van der Waals surface area contributed by atoms with Gasteiger partial charge < -0.3 is 18.9 Å². The zero-order chi connectivity index (χ0) is 30.6. The van der Waals surface area contributed by atoms with E-state index >= 15 is 0 Å². The van der Waals surface area contributed by atoms with Crippen molar-refractivity contribution in [2.75, 3.05) is 19.8 Å². The number of para-hydroxylation sites is 1. The van der Waals surface area contributed by atoms with Crippen molar-refractivity contribution >= 4 is 56.9 Å². The summed E-state index contributed by atoms with van der Waals surface area (Å²) in [6.45, 7) is 9.01. The summed E-state index contributed by atoms with van der Waals surface area (Å²) >= 11 is 10.9. The van der Waals surface area contributed by atoms with Gasteiger partial charge in [0.05, 0.1) is 39.6 Å². The minimum Gasteiger partial charge on any atom is -0.491 e. The Bertz CT molecular complexity index is 1730. The summed E-state index contributed by atoms with van der Waals surface area (Å²) in [6, 6.07) is 9.70. The first kappa shape index (κ1) is 31.5. The molecule has 3 aromatic rings. The Kier molecular flexibility index (Phi) is 10.3. The Balaban J connectivity index is 1.93. The molecule has 0 aliphatic carbocycles. The number of benzene rings is 2. The number of ether oxygens (including phenoxy) is 4. The molecule has 2 heterocycles. The second-order valence-corrected chi connectivity index (χ2v) is 11.7. The van der Waals surface area contributed by atoms with Gasteiger partial charge in [0.1, 0.15) is 17.5 Å². The number of nitrogens with zero attached hydrogens (tertiary/aromatic N) is 2. The Hall–Kier alpha value is -3.41. The highest BCUT2D eigenvalue weighted by atomic mass is 79.9. The van der Waals surface area contributed by atoms with E-state index in [0.717, 1.165) is 11.3 Å². The lowest BCUT2D eigenvalue weighted by atomic mass is 9.95. The average Bonchev–Trinajstić information content (AvgIpc) is 3.21. The number of thiazole rings is 1. The lowest BCUT2D eigenvalue weighted by molar-refractivity contribution is -0.145. The van der Waals surface area contributed by atoms with E-state index in [1.807, 2.05) is 32.0 Å². The Morgan fingerprint density at radius 2 is 1.88 bits per heavy atom. The van der Waals surface area contributed by atoms with Gasteiger partial charge in [-0.2, -0.15) is 0 Å². The van der Waals surface area contributed by atoms with Crippen LogP contribution in [0.4, 0.5) is 0 Å². The number of fused-ring (bicyclic) bond motifs is 1. The van der Waals surface area contributed by atoms with Gasteiger partial charge in [-0.3, -0.25) is 9.36 Å². The molecule has 0 spiro atoms. The van der Waals surface area contributed by atoms with Crippen molar-refractivity contribution in [1.82, 2.24) is 4.57 Å². The first-order chi connectivity index (χ1) is 20.0. The molecule has 1 atom stereocenters. The van der Waals surface area contributed by atoms with E-state index in [4.69, 9.17) is 30.5 Å². The van der Waals surface area contributed by atoms with Crippen molar-refractivity contribution in [3.05, 3.63) is 88.0 Å². The lowest BCUT2D eigenvalue weighted by Crippen LogP contribution is -2.40. The number of esters is 2. The number of carbonyl (C=O) groups excluding carboxylic acids is 2. The SMILES string of the molecule is CCOC(=O)COc1c(Br)cc(Cl)cc1/C=c1\sc2n(c1=O)[C@H](c1ccccc1OC(C)C)C(C(=O)OCC)=C(C)N=2. The number of halogens is 2. The van der Waals surface area contributed by atoms with Crippen LogP contribution < -0.4 is 24.4 Å². The zero-order valence-corrected chi connectivity index (χ0v) is 26.9. The van der Waals surface area contributed by atoms with E-state index in [-0.39, 0.29) is 37.1 Å². The normalized spacial score (nSPS) is 14.9. The van der Waals surface area contributed by atoms with Crippen molar-refractivity contribution in [2.24, 2.45) is 4.99 Å². The summed E-state index contributed by atoms with van der Waals surface area (Å²) in [5, 5.41) is 0.391. The van der Waals surface area contributed by atoms with Crippen LogP contribution in [-0.4, -0.2) is 42.4 Å². The highest BCUT2D eigenvalue weighted by Gasteiger charge is 2.35. The first-order valence-corrected chi connectivity index (χ1v) is 15.3. The monoisotopic (exact) mass is 676 g/mol. The Labute approximate surface area is 260 Å². The summed E-state index contributed by atoms with van der Waals surface area (Å²) in [5.41, 5.74) is 1.39. The molecule has 42 heavy (non-hydrogen) atoms. The summed E-state index contributed by atoms with van der Waals surface area (Å²) in [7, 11) is 0. The van der Waals surface area contributed by atoms with Gasteiger partial charge in [-0.25, -0.2) is 14.6 Å². The molecule has 0 radical (unpaired) electrons. The van der Waals surface area contributed by atoms with Crippen LogP contribution in [0.25, 0.3) is 6.08 Å². The van der Waals surface area contributed by atoms with E-state index in [1.54, 1.807) is 45.0 Å². The van der Waals surface area contributed by atoms with Crippen LogP contribution in [-0.2, 0) is 19.1 Å². The van der Waals surface area contributed by atoms with E-state index in [2.05, 4.69) is 20.9 Å². The molecular weight excluding hydrogens is 648 g/mol. The van der Waals surface area contributed by atoms with Crippen molar-refractivity contribution in [2.45, 2.75) is 46.8 Å². The second-order valence-electron chi connectivity index (χ2n) is 9.41. The number of allylic oxidation sites excluding steroid dienone is 1. The third-order valence-corrected chi connectivity index (χ3v) is 7.85. The van der Waals surface area contributed by atoms with Gasteiger partial charge in [-0.05, 0) is 74.8 Å². The summed E-state index contributed by atoms with van der Waals surface area (Å²) in [5.74, 6) is -0.245. The van der Waals surface area contributed by atoms with E-state index in [0.29, 0.717) is 47.2 Å². The summed E-state index contributed by atoms with van der Waals surface area (Å²) in [4.78, 5) is 44.4. The van der Waals surface area contributed by atoms with Crippen LogP contribution in [0.3, 0.4) is 0 Å². The van der Waals surface area contributed by atoms with Crippen LogP contribution in [0.1, 0.15) is 51.8 Å². The number of hydrogen-bond acceptors (Lipinski definition) is 9. The van der Waals surface area contributed by atoms with Crippen molar-refractivity contribution < 1.29 is 28.5 Å². The first-order valence-electron chi connectivity index (χ1n) is 13.3. The number of aromatic nitrogens is 1. The molecule has 0 bridgehead atoms. The molecule has 0 amide bonds. The molecule has 9 nitrogen and oxygen atoms in total. The van der Waals surface area contributed by atoms with Crippen molar-refractivity contribution in [3.63, 3.8) is 0 Å². The fourth-order valence-corrected chi connectivity index (χ4v) is 6.45. The molecule has 0 N–H and O–H groups in total. The second kappa shape index (κ2) is 13.7. The molecule has 0 fully saturated rings. The van der Waals surface area contributed by atoms with Crippen LogP contribution >= 0.6 is 38.9 Å². The fraction of sp³-hybridized carbons (Fsp3) is 0.333. The third kappa shape index (κ3) is 6.79. The highest BCUT2D eigenvalue weighted by Crippen LogP contribution is 2.37. The van der Waals surface area contributed by atoms with Gasteiger partial charge in [0.25, 0.3) is 5.56 Å². The van der Waals surface area contributed by atoms with E-state index in [1.165, 1.54) is 4.57 Å². The third-order valence-electron chi connectivity index (χ3n) is 6.06. The molecule has 222 valence electrons. The Morgan fingerprint density at radius 1 is 1.17 bits per heavy atom. The van der Waals surface area contributed by atoms with Gasteiger partial charge in [0, 0.05) is 16.1 Å². The average molecular weight is 678 g/mol. The highest BCUT2D eigenvalue weighted by molar-refractivity contribution is 9.10. The summed E-state index contributed by atoms with van der Waals surface area (Å²) < 4.78 is 24.5. The minimum absolute atomic E-state index is 0.146. The number of hydrogen-bond donors (Lipinski definition) is 0. The van der Waals surface area contributed by atoms with Crippen LogP contribution in [0, 0.1) is 0 Å². The molecule has 4 rings (SSSR count). The number of rotatable bonds is 10. The van der Waals surface area contributed by atoms with Crippen LogP contribution in [0.15, 0.2) is 61.9 Å². The lowest BCUT2D eigenvalue weighted by Gasteiger charge is -2.26. The topological polar surface area (TPSA) is 105 Å². The maximum absolute atomic E-state index is 14.1. The van der Waals surface area contributed by atoms with E-state index < -0.39 is 18.0 Å². The van der Waals surface area contributed by atoms with Crippen LogP contribution in [0.5, 0.6) is 11.5 Å². The van der Waals surface area contributed by atoms with Crippen molar-refractivity contribution in [1.29, 1.82) is 0 Å².